The lowest BCUT2D eigenvalue weighted by atomic mass is 9.93. The van der Waals surface area contributed by atoms with Crippen LogP contribution in [0.1, 0.15) is 232 Å². The molecule has 0 aliphatic rings. The molecule has 0 radical (unpaired) electrons. The Kier molecular flexibility index (Phi) is 35.7. The number of primary amides is 1. The summed E-state index contributed by atoms with van der Waals surface area (Å²) in [6.07, 6.45) is 50.7. The third kappa shape index (κ3) is 33.7. The first kappa shape index (κ1) is 41.2. The van der Waals surface area contributed by atoms with Crippen molar-refractivity contribution in [3.63, 3.8) is 0 Å². The molecule has 0 aliphatic carbocycles. The summed E-state index contributed by atoms with van der Waals surface area (Å²) in [5.41, 5.74) is 5.74. The molecule has 0 rings (SSSR count). The van der Waals surface area contributed by atoms with E-state index in [0.29, 0.717) is 0 Å². The van der Waals surface area contributed by atoms with Gasteiger partial charge in [-0.3, -0.25) is 4.79 Å². The monoisotopic (exact) mass is 590 g/mol. The minimum absolute atomic E-state index is 0.0583. The largest absolute Gasteiger partial charge is 0.369 e. The predicted molar refractivity (Wildman–Crippen MR) is 190 cm³/mol. The van der Waals surface area contributed by atoms with Gasteiger partial charge in [0.1, 0.15) is 0 Å². The number of carbonyl (C=O) groups is 1. The SMILES string of the molecule is CCCCCCCC/C=C/CCCCCCCCCCC(CCCCCCCCCCCCCCCCCC)C(N)=O. The molecule has 0 saturated heterocycles. The number of nitrogens with two attached hydrogens (primary N) is 1. The van der Waals surface area contributed by atoms with E-state index in [2.05, 4.69) is 26.0 Å². The molecule has 2 N–H and O–H groups in total. The van der Waals surface area contributed by atoms with E-state index in [-0.39, 0.29) is 11.8 Å². The molecule has 0 fully saturated rings. The second-order valence-electron chi connectivity index (χ2n) is 13.6. The Labute approximate surface area is 266 Å². The van der Waals surface area contributed by atoms with Crippen LogP contribution in [0.25, 0.3) is 0 Å². The number of carbonyl (C=O) groups excluding carboxylic acids is 1. The van der Waals surface area contributed by atoms with E-state index in [0.717, 1.165) is 12.8 Å². The standard InChI is InChI=1S/C40H79NO/c1-3-5-7-9-11-13-15-17-19-21-22-24-26-28-30-32-34-36-38-39(40(41)42)37-35-33-31-29-27-25-23-20-18-16-14-12-10-8-6-4-2/h17,19,39H,3-16,18,20-38H2,1-2H3,(H2,41,42)/b19-17+. The summed E-state index contributed by atoms with van der Waals surface area (Å²) in [6, 6.07) is 0. The highest BCUT2D eigenvalue weighted by atomic mass is 16.1. The van der Waals surface area contributed by atoms with E-state index in [1.54, 1.807) is 0 Å². The summed E-state index contributed by atoms with van der Waals surface area (Å²) in [5.74, 6) is 0.0581. The first-order chi connectivity index (χ1) is 20.7. The van der Waals surface area contributed by atoms with Gasteiger partial charge < -0.3 is 5.73 Å². The van der Waals surface area contributed by atoms with E-state index in [9.17, 15) is 4.79 Å². The molecular weight excluding hydrogens is 510 g/mol. The molecule has 2 nitrogen and oxygen atoms in total. The molecule has 1 atom stereocenters. The fraction of sp³-hybridized carbons (Fsp3) is 0.925. The summed E-state index contributed by atoms with van der Waals surface area (Å²) in [4.78, 5) is 11.9. The van der Waals surface area contributed by atoms with Crippen LogP contribution in [0.4, 0.5) is 0 Å². The van der Waals surface area contributed by atoms with Crippen molar-refractivity contribution in [2.24, 2.45) is 11.7 Å². The van der Waals surface area contributed by atoms with Crippen LogP contribution in [0.2, 0.25) is 0 Å². The maximum atomic E-state index is 11.9. The van der Waals surface area contributed by atoms with Crippen LogP contribution in [0.15, 0.2) is 12.2 Å². The van der Waals surface area contributed by atoms with Crippen LogP contribution >= 0.6 is 0 Å². The topological polar surface area (TPSA) is 43.1 Å². The van der Waals surface area contributed by atoms with Crippen LogP contribution in [0, 0.1) is 5.92 Å². The molecule has 0 bridgehead atoms. The molecule has 0 aromatic carbocycles. The molecular formula is C40H79NO. The number of unbranched alkanes of at least 4 members (excludes halogenated alkanes) is 29. The molecule has 0 saturated carbocycles. The molecule has 0 aliphatic heterocycles. The van der Waals surface area contributed by atoms with Crippen molar-refractivity contribution >= 4 is 5.91 Å². The Hall–Kier alpha value is -0.790. The Bertz CT molecular complexity index is 542. The molecule has 0 heterocycles. The Morgan fingerprint density at radius 3 is 0.905 bits per heavy atom. The summed E-state index contributed by atoms with van der Waals surface area (Å²) in [7, 11) is 0. The van der Waals surface area contributed by atoms with Gasteiger partial charge in [-0.05, 0) is 38.5 Å². The maximum absolute atomic E-state index is 11.9. The zero-order chi connectivity index (χ0) is 30.6. The van der Waals surface area contributed by atoms with Crippen molar-refractivity contribution < 1.29 is 4.79 Å². The minimum Gasteiger partial charge on any atom is -0.369 e. The molecule has 2 heteroatoms. The van der Waals surface area contributed by atoms with Crippen LogP contribution in [-0.2, 0) is 4.79 Å². The van der Waals surface area contributed by atoms with Gasteiger partial charge in [-0.25, -0.2) is 0 Å². The molecule has 1 unspecified atom stereocenters. The first-order valence-electron chi connectivity index (χ1n) is 19.7. The van der Waals surface area contributed by atoms with Gasteiger partial charge in [0.15, 0.2) is 0 Å². The number of hydrogen-bond acceptors (Lipinski definition) is 1. The van der Waals surface area contributed by atoms with E-state index < -0.39 is 0 Å². The van der Waals surface area contributed by atoms with Crippen LogP contribution in [-0.4, -0.2) is 5.91 Å². The van der Waals surface area contributed by atoms with E-state index in [1.807, 2.05) is 0 Å². The third-order valence-corrected chi connectivity index (χ3v) is 9.37. The molecule has 0 spiro atoms. The summed E-state index contributed by atoms with van der Waals surface area (Å²) in [5, 5.41) is 0. The van der Waals surface area contributed by atoms with Gasteiger partial charge in [-0.15, -0.1) is 0 Å². The van der Waals surface area contributed by atoms with Crippen molar-refractivity contribution in [3.8, 4) is 0 Å². The average molecular weight is 590 g/mol. The number of hydrogen-bond donors (Lipinski definition) is 1. The van der Waals surface area contributed by atoms with Crippen LogP contribution in [0.5, 0.6) is 0 Å². The Morgan fingerprint density at radius 1 is 0.405 bits per heavy atom. The third-order valence-electron chi connectivity index (χ3n) is 9.37. The van der Waals surface area contributed by atoms with Gasteiger partial charge in [0.2, 0.25) is 5.91 Å². The molecule has 250 valence electrons. The van der Waals surface area contributed by atoms with Crippen molar-refractivity contribution in [1.82, 2.24) is 0 Å². The van der Waals surface area contributed by atoms with Crippen molar-refractivity contribution in [2.75, 3.05) is 0 Å². The highest BCUT2D eigenvalue weighted by molar-refractivity contribution is 5.76. The van der Waals surface area contributed by atoms with Crippen LogP contribution < -0.4 is 5.73 Å². The van der Waals surface area contributed by atoms with Gasteiger partial charge in [0.05, 0.1) is 0 Å². The highest BCUT2D eigenvalue weighted by Crippen LogP contribution is 2.20. The second-order valence-corrected chi connectivity index (χ2v) is 13.6. The fourth-order valence-electron chi connectivity index (χ4n) is 6.36. The van der Waals surface area contributed by atoms with Gasteiger partial charge >= 0.3 is 0 Å². The minimum atomic E-state index is -0.0583. The number of rotatable bonds is 36. The Balaban J connectivity index is 3.40. The predicted octanol–water partition coefficient (Wildman–Crippen LogP) is 13.9. The van der Waals surface area contributed by atoms with E-state index in [1.165, 1.54) is 205 Å². The van der Waals surface area contributed by atoms with Crippen LogP contribution in [0.3, 0.4) is 0 Å². The van der Waals surface area contributed by atoms with Gasteiger partial charge in [0, 0.05) is 5.92 Å². The quantitative estimate of drug-likeness (QED) is 0.0573. The zero-order valence-electron chi connectivity index (χ0n) is 29.3. The van der Waals surface area contributed by atoms with Gasteiger partial charge in [-0.1, -0.05) is 206 Å². The summed E-state index contributed by atoms with van der Waals surface area (Å²) >= 11 is 0. The molecule has 1 amide bonds. The van der Waals surface area contributed by atoms with E-state index in [4.69, 9.17) is 5.73 Å². The van der Waals surface area contributed by atoms with Crippen molar-refractivity contribution in [1.29, 1.82) is 0 Å². The number of allylic oxidation sites excluding steroid dienone is 2. The lowest BCUT2D eigenvalue weighted by molar-refractivity contribution is -0.122. The molecule has 0 aromatic rings. The lowest BCUT2D eigenvalue weighted by Crippen LogP contribution is -2.23. The maximum Gasteiger partial charge on any atom is 0.220 e. The average Bonchev–Trinajstić information content (AvgIpc) is 2.99. The van der Waals surface area contributed by atoms with Crippen molar-refractivity contribution in [2.45, 2.75) is 232 Å². The molecule has 0 aromatic heterocycles. The first-order valence-corrected chi connectivity index (χ1v) is 19.7. The summed E-state index contributed by atoms with van der Waals surface area (Å²) < 4.78 is 0. The van der Waals surface area contributed by atoms with Crippen molar-refractivity contribution in [3.05, 3.63) is 12.2 Å². The molecule has 42 heavy (non-hydrogen) atoms. The lowest BCUT2D eigenvalue weighted by Gasteiger charge is -2.13. The smallest absolute Gasteiger partial charge is 0.220 e. The van der Waals surface area contributed by atoms with Gasteiger partial charge in [-0.2, -0.15) is 0 Å². The van der Waals surface area contributed by atoms with Gasteiger partial charge in [0.25, 0.3) is 0 Å². The zero-order valence-corrected chi connectivity index (χ0v) is 29.3. The second kappa shape index (κ2) is 36.4. The summed E-state index contributed by atoms with van der Waals surface area (Å²) in [6.45, 7) is 4.58. The highest BCUT2D eigenvalue weighted by Gasteiger charge is 2.14. The Morgan fingerprint density at radius 2 is 0.643 bits per heavy atom. The van der Waals surface area contributed by atoms with E-state index >= 15 is 0 Å². The fourth-order valence-corrected chi connectivity index (χ4v) is 6.36. The number of amides is 1. The normalized spacial score (nSPS) is 12.4.